The number of dihydropyridines is 1. The molecule has 2 aromatic rings. The van der Waals surface area contributed by atoms with Gasteiger partial charge < -0.3 is 15.2 Å². The Labute approximate surface area is 227 Å². The number of nitrogens with one attached hydrogen (secondary N) is 1. The maximum Gasteiger partial charge on any atom is 0.337 e. The van der Waals surface area contributed by atoms with Crippen molar-refractivity contribution in [3.63, 3.8) is 0 Å². The van der Waals surface area contributed by atoms with Gasteiger partial charge in [0.25, 0.3) is 5.69 Å². The van der Waals surface area contributed by atoms with Crippen LogP contribution in [0.25, 0.3) is 0 Å². The zero-order chi connectivity index (χ0) is 26.7. The van der Waals surface area contributed by atoms with Crippen LogP contribution in [-0.2, 0) is 20.9 Å². The highest BCUT2D eigenvalue weighted by Gasteiger charge is 2.40. The van der Waals surface area contributed by atoms with Crippen LogP contribution >= 0.6 is 12.4 Å². The van der Waals surface area contributed by atoms with Crippen LogP contribution < -0.4 is 5.32 Å². The van der Waals surface area contributed by atoms with Crippen molar-refractivity contribution in [2.45, 2.75) is 58.2 Å². The first-order chi connectivity index (χ1) is 17.7. The van der Waals surface area contributed by atoms with Gasteiger partial charge in [0.15, 0.2) is 0 Å². The molecule has 1 fully saturated rings. The minimum absolute atomic E-state index is 0. The summed E-state index contributed by atoms with van der Waals surface area (Å²) in [4.78, 5) is 39.1. The van der Waals surface area contributed by atoms with E-state index in [2.05, 4.69) is 22.3 Å². The number of likely N-dealkylation sites (tertiary alicyclic amines) is 1. The molecule has 2 heterocycles. The number of piperidine rings is 1. The number of nitrogens with zero attached hydrogens (tertiary/aromatic N) is 2. The Kier molecular flexibility index (Phi) is 9.30. The molecule has 10 heteroatoms. The van der Waals surface area contributed by atoms with Crippen molar-refractivity contribution in [1.29, 1.82) is 0 Å². The van der Waals surface area contributed by atoms with Gasteiger partial charge in [-0.3, -0.25) is 15.0 Å². The van der Waals surface area contributed by atoms with Crippen LogP contribution in [0.1, 0.15) is 50.7 Å². The lowest BCUT2D eigenvalue weighted by Crippen LogP contribution is -2.48. The fourth-order valence-electron chi connectivity index (χ4n) is 5.27. The third-order valence-electron chi connectivity index (χ3n) is 7.16. The van der Waals surface area contributed by atoms with Gasteiger partial charge in [-0.2, -0.15) is 0 Å². The molecule has 2 aliphatic heterocycles. The number of allylic oxidation sites excluding steroid dienone is 2. The van der Waals surface area contributed by atoms with Gasteiger partial charge in [-0.15, -0.1) is 12.4 Å². The van der Waals surface area contributed by atoms with Crippen LogP contribution in [0.4, 0.5) is 5.69 Å². The summed E-state index contributed by atoms with van der Waals surface area (Å²) in [6.07, 6.45) is 1.18. The predicted octanol–water partition coefficient (Wildman–Crippen LogP) is 4.93. The van der Waals surface area contributed by atoms with Crippen LogP contribution in [0.5, 0.6) is 0 Å². The van der Waals surface area contributed by atoms with Gasteiger partial charge in [0.05, 0.1) is 22.0 Å². The van der Waals surface area contributed by atoms with Gasteiger partial charge in [-0.05, 0) is 51.3 Å². The van der Waals surface area contributed by atoms with Crippen molar-refractivity contribution >= 4 is 30.0 Å². The topological polar surface area (TPSA) is 122 Å². The Balaban J connectivity index is 0.00000400. The molecule has 0 saturated carbocycles. The molecule has 0 radical (unpaired) electrons. The highest BCUT2D eigenvalue weighted by Crippen LogP contribution is 2.40. The highest BCUT2D eigenvalue weighted by molar-refractivity contribution is 5.99. The number of nitro benzene ring substituents is 1. The number of ether oxygens (including phenoxy) is 1. The average Bonchev–Trinajstić information content (AvgIpc) is 2.86. The summed E-state index contributed by atoms with van der Waals surface area (Å²) in [6, 6.07) is 15.8. The van der Waals surface area contributed by atoms with Crippen molar-refractivity contribution in [2.24, 2.45) is 0 Å². The lowest BCUT2D eigenvalue weighted by molar-refractivity contribution is -0.384. The molecule has 2 N–H and O–H groups in total. The molecule has 0 unspecified atom stereocenters. The lowest BCUT2D eigenvalue weighted by atomic mass is 9.80. The summed E-state index contributed by atoms with van der Waals surface area (Å²) in [6.45, 7) is 6.96. The van der Waals surface area contributed by atoms with Crippen molar-refractivity contribution in [1.82, 2.24) is 10.2 Å². The molecule has 3 atom stereocenters. The molecule has 202 valence electrons. The number of hydrogen-bond acceptors (Lipinski definition) is 7. The average molecular weight is 542 g/mol. The normalized spacial score (nSPS) is 21.8. The summed E-state index contributed by atoms with van der Waals surface area (Å²) in [5.41, 5.74) is 2.29. The Morgan fingerprint density at radius 3 is 2.45 bits per heavy atom. The van der Waals surface area contributed by atoms with E-state index in [0.29, 0.717) is 23.4 Å². The lowest BCUT2D eigenvalue weighted by Gasteiger charge is -2.39. The van der Waals surface area contributed by atoms with Gasteiger partial charge >= 0.3 is 11.9 Å². The van der Waals surface area contributed by atoms with E-state index in [4.69, 9.17) is 4.74 Å². The van der Waals surface area contributed by atoms with Crippen LogP contribution in [0.3, 0.4) is 0 Å². The van der Waals surface area contributed by atoms with Gasteiger partial charge in [0.2, 0.25) is 0 Å². The number of carbonyl (C=O) groups excluding carboxylic acids is 1. The molecule has 2 aromatic carbocycles. The molecule has 0 aliphatic carbocycles. The Hall–Kier alpha value is -3.69. The number of halogens is 1. The van der Waals surface area contributed by atoms with Gasteiger partial charge in [-0.25, -0.2) is 9.59 Å². The molecular weight excluding hydrogens is 510 g/mol. The van der Waals surface area contributed by atoms with Crippen molar-refractivity contribution in [3.8, 4) is 0 Å². The number of carbonyl (C=O) groups is 2. The van der Waals surface area contributed by atoms with Crippen LogP contribution in [-0.4, -0.2) is 45.6 Å². The predicted molar refractivity (Wildman–Crippen MR) is 145 cm³/mol. The van der Waals surface area contributed by atoms with Gasteiger partial charge in [0.1, 0.15) is 6.10 Å². The van der Waals surface area contributed by atoms with Crippen molar-refractivity contribution in [3.05, 3.63) is 98.4 Å². The van der Waals surface area contributed by atoms with E-state index >= 15 is 0 Å². The molecule has 1 saturated heterocycles. The van der Waals surface area contributed by atoms with E-state index in [-0.39, 0.29) is 41.4 Å². The molecule has 0 amide bonds. The number of nitro groups is 1. The quantitative estimate of drug-likeness (QED) is 0.287. The minimum atomic E-state index is -1.21. The number of hydrogen-bond donors (Lipinski definition) is 2. The summed E-state index contributed by atoms with van der Waals surface area (Å²) in [5.74, 6) is -2.84. The summed E-state index contributed by atoms with van der Waals surface area (Å²) >= 11 is 0. The fraction of sp³-hybridized carbons (Fsp3) is 0.357. The maximum absolute atomic E-state index is 13.7. The Morgan fingerprint density at radius 2 is 1.79 bits per heavy atom. The van der Waals surface area contributed by atoms with E-state index in [1.807, 2.05) is 25.1 Å². The molecule has 38 heavy (non-hydrogen) atoms. The third kappa shape index (κ3) is 6.06. The number of aliphatic carboxylic acids is 1. The van der Waals surface area contributed by atoms with E-state index in [9.17, 15) is 24.8 Å². The van der Waals surface area contributed by atoms with Gasteiger partial charge in [-0.1, -0.05) is 42.5 Å². The number of carboxylic acid groups (broad SMARTS) is 1. The summed E-state index contributed by atoms with van der Waals surface area (Å²) in [7, 11) is 0. The van der Waals surface area contributed by atoms with E-state index in [0.717, 1.165) is 19.5 Å². The number of non-ortho nitro benzene ring substituents is 1. The third-order valence-corrected chi connectivity index (χ3v) is 7.16. The molecular formula is C28H32ClN3O6. The molecule has 4 rings (SSSR count). The number of carboxylic acids is 1. The van der Waals surface area contributed by atoms with Crippen molar-refractivity contribution in [2.75, 3.05) is 6.54 Å². The van der Waals surface area contributed by atoms with Crippen molar-refractivity contribution < 1.29 is 24.4 Å². The summed E-state index contributed by atoms with van der Waals surface area (Å²) in [5, 5.41) is 24.4. The molecule has 0 spiro atoms. The molecule has 2 aliphatic rings. The van der Waals surface area contributed by atoms with Crippen LogP contribution in [0, 0.1) is 10.1 Å². The SMILES string of the molecule is CC1=C(C(=O)O)[C@@H](c2cccc([N+](=O)[O-])c2)C(C(=O)O[C@@H]2CCCN(Cc3ccccc3)[C@@H]2C)=C(C)N1.Cl. The van der Waals surface area contributed by atoms with Crippen LogP contribution in [0.15, 0.2) is 77.1 Å². The smallest absolute Gasteiger partial charge is 0.337 e. The van der Waals surface area contributed by atoms with E-state index in [1.165, 1.54) is 23.8 Å². The first-order valence-electron chi connectivity index (χ1n) is 12.3. The molecule has 0 aromatic heterocycles. The number of rotatable bonds is 7. The first kappa shape index (κ1) is 28.9. The van der Waals surface area contributed by atoms with E-state index < -0.39 is 22.8 Å². The standard InChI is InChI=1S/C28H31N3O6.ClH/c1-17-24(27(32)33)26(21-11-7-12-22(15-21)31(35)36)25(18(2)29-17)28(34)37-23-13-8-14-30(19(23)3)16-20-9-5-4-6-10-20;/h4-7,9-12,15,19,23,26,29H,8,13-14,16H2,1-3H3,(H,32,33);1H/t19-,23-,26-;/m1./s1. The molecule has 9 nitrogen and oxygen atoms in total. The monoisotopic (exact) mass is 541 g/mol. The second-order valence-corrected chi connectivity index (χ2v) is 9.58. The van der Waals surface area contributed by atoms with Gasteiger partial charge in [0, 0.05) is 36.1 Å². The second-order valence-electron chi connectivity index (χ2n) is 9.58. The number of esters is 1. The Morgan fingerprint density at radius 1 is 1.11 bits per heavy atom. The molecule has 0 bridgehead atoms. The highest BCUT2D eigenvalue weighted by atomic mass is 35.5. The Bertz CT molecular complexity index is 1280. The zero-order valence-electron chi connectivity index (χ0n) is 21.5. The first-order valence-corrected chi connectivity index (χ1v) is 12.3. The maximum atomic E-state index is 13.7. The minimum Gasteiger partial charge on any atom is -0.478 e. The zero-order valence-corrected chi connectivity index (χ0v) is 22.4. The van der Waals surface area contributed by atoms with E-state index in [1.54, 1.807) is 19.9 Å². The largest absolute Gasteiger partial charge is 0.478 e. The second kappa shape index (κ2) is 12.2. The fourth-order valence-corrected chi connectivity index (χ4v) is 5.27. The number of benzene rings is 2. The summed E-state index contributed by atoms with van der Waals surface area (Å²) < 4.78 is 6.05. The van der Waals surface area contributed by atoms with Crippen LogP contribution in [0.2, 0.25) is 0 Å².